The second kappa shape index (κ2) is 8.45. The molecular formula is C6H9NO6-2. The average Bonchev–Trinajstić information content (AvgIpc) is 1.87. The predicted molar refractivity (Wildman–Crippen MR) is 35.6 cm³/mol. The van der Waals surface area contributed by atoms with Gasteiger partial charge in [-0.3, -0.25) is 0 Å². The van der Waals surface area contributed by atoms with Gasteiger partial charge in [0.15, 0.2) is 0 Å². The van der Waals surface area contributed by atoms with Crippen LogP contribution in [0.15, 0.2) is 0 Å². The van der Waals surface area contributed by atoms with Gasteiger partial charge in [0.2, 0.25) is 0 Å². The molecule has 0 unspecified atom stereocenters. The second-order valence-corrected chi connectivity index (χ2v) is 1.89. The number of nitrogens with zero attached hydrogens (tertiary/aromatic N) is 1. The Kier molecular flexibility index (Phi) is 11.3. The highest BCUT2D eigenvalue weighted by atomic mass is 16.4. The highest BCUT2D eigenvalue weighted by Crippen LogP contribution is 2.02. The number of aliphatic carboxylic acids is 2. The van der Waals surface area contributed by atoms with E-state index in [2.05, 4.69) is 0 Å². The standard InChI is InChI=1S/C6H7NO4.2H2O/c7-3-1-2-4(5(8)9)6(10)11;;/h4H,1-2H2,(H,8,9)(H,10,11);2*1H2/p-2. The highest BCUT2D eigenvalue weighted by Gasteiger charge is 2.09. The van der Waals surface area contributed by atoms with E-state index < -0.39 is 17.9 Å². The molecule has 0 heterocycles. The van der Waals surface area contributed by atoms with E-state index in [4.69, 9.17) is 5.26 Å². The van der Waals surface area contributed by atoms with E-state index in [0.29, 0.717) is 0 Å². The molecule has 0 amide bonds. The molecule has 7 heteroatoms. The number of nitriles is 1. The van der Waals surface area contributed by atoms with Crippen molar-refractivity contribution in [3.63, 3.8) is 0 Å². The van der Waals surface area contributed by atoms with Gasteiger partial charge in [-0.25, -0.2) is 0 Å². The van der Waals surface area contributed by atoms with Gasteiger partial charge in [-0.1, -0.05) is 0 Å². The van der Waals surface area contributed by atoms with Crippen molar-refractivity contribution in [1.29, 1.82) is 5.26 Å². The summed E-state index contributed by atoms with van der Waals surface area (Å²) in [6, 6.07) is 1.63. The van der Waals surface area contributed by atoms with Crippen molar-refractivity contribution in [2.45, 2.75) is 12.8 Å². The molecule has 0 fully saturated rings. The van der Waals surface area contributed by atoms with Crippen LogP contribution in [0.3, 0.4) is 0 Å². The summed E-state index contributed by atoms with van der Waals surface area (Å²) >= 11 is 0. The quantitative estimate of drug-likeness (QED) is 0.409. The molecule has 0 aromatic rings. The summed E-state index contributed by atoms with van der Waals surface area (Å²) in [7, 11) is 0. The molecule has 13 heavy (non-hydrogen) atoms. The number of carbonyl (C=O) groups excluding carboxylic acids is 2. The molecular weight excluding hydrogens is 182 g/mol. The largest absolute Gasteiger partial charge is 0.549 e. The molecule has 7 nitrogen and oxygen atoms in total. The van der Waals surface area contributed by atoms with Crippen molar-refractivity contribution in [1.82, 2.24) is 0 Å². The van der Waals surface area contributed by atoms with Gasteiger partial charge >= 0.3 is 0 Å². The smallest absolute Gasteiger partial charge is 0.0622 e. The Hall–Kier alpha value is -1.65. The van der Waals surface area contributed by atoms with Gasteiger partial charge in [0.25, 0.3) is 0 Å². The average molecular weight is 191 g/mol. The zero-order valence-corrected chi connectivity index (χ0v) is 6.57. The van der Waals surface area contributed by atoms with Crippen molar-refractivity contribution >= 4 is 11.9 Å². The molecule has 0 aliphatic rings. The third-order valence-electron chi connectivity index (χ3n) is 1.11. The summed E-state index contributed by atoms with van der Waals surface area (Å²) in [6.07, 6.45) is -0.395. The summed E-state index contributed by atoms with van der Waals surface area (Å²) in [5, 5.41) is 28.0. The Morgan fingerprint density at radius 3 is 1.85 bits per heavy atom. The molecule has 4 N–H and O–H groups in total. The van der Waals surface area contributed by atoms with Crippen LogP contribution in [0.5, 0.6) is 0 Å². The van der Waals surface area contributed by atoms with E-state index in [1.54, 1.807) is 6.07 Å². The topological polar surface area (TPSA) is 167 Å². The van der Waals surface area contributed by atoms with Gasteiger partial charge in [0, 0.05) is 12.3 Å². The first-order chi connectivity index (χ1) is 5.09. The zero-order valence-electron chi connectivity index (χ0n) is 6.57. The lowest BCUT2D eigenvalue weighted by atomic mass is 10.1. The predicted octanol–water partition coefficient (Wildman–Crippen LogP) is -4.24. The van der Waals surface area contributed by atoms with Gasteiger partial charge < -0.3 is 30.8 Å². The zero-order chi connectivity index (χ0) is 8.85. The number of rotatable bonds is 4. The molecule has 0 radical (unpaired) electrons. The maximum atomic E-state index is 10.0. The third-order valence-corrected chi connectivity index (χ3v) is 1.11. The first kappa shape index (κ1) is 17.4. The first-order valence-electron chi connectivity index (χ1n) is 2.88. The lowest BCUT2D eigenvalue weighted by molar-refractivity contribution is -0.331. The summed E-state index contributed by atoms with van der Waals surface area (Å²) in [4.78, 5) is 20.0. The van der Waals surface area contributed by atoms with Crippen LogP contribution in [-0.4, -0.2) is 22.9 Å². The van der Waals surface area contributed by atoms with Crippen LogP contribution in [0.1, 0.15) is 12.8 Å². The maximum absolute atomic E-state index is 10.0. The van der Waals surface area contributed by atoms with Gasteiger partial charge in [0.1, 0.15) is 0 Å². The van der Waals surface area contributed by atoms with Crippen molar-refractivity contribution < 1.29 is 30.8 Å². The van der Waals surface area contributed by atoms with E-state index in [1.165, 1.54) is 0 Å². The molecule has 76 valence electrons. The van der Waals surface area contributed by atoms with Crippen LogP contribution in [0, 0.1) is 17.2 Å². The van der Waals surface area contributed by atoms with Crippen molar-refractivity contribution in [2.24, 2.45) is 5.92 Å². The molecule has 0 rings (SSSR count). The third kappa shape index (κ3) is 6.74. The van der Waals surface area contributed by atoms with E-state index >= 15 is 0 Å². The van der Waals surface area contributed by atoms with Crippen LogP contribution >= 0.6 is 0 Å². The van der Waals surface area contributed by atoms with Crippen molar-refractivity contribution in [3.05, 3.63) is 0 Å². The monoisotopic (exact) mass is 191 g/mol. The van der Waals surface area contributed by atoms with Crippen LogP contribution in [-0.2, 0) is 9.59 Å². The minimum atomic E-state index is -1.71. The lowest BCUT2D eigenvalue weighted by Gasteiger charge is -2.16. The molecule has 0 spiro atoms. The van der Waals surface area contributed by atoms with Gasteiger partial charge in [-0.15, -0.1) is 0 Å². The first-order valence-corrected chi connectivity index (χ1v) is 2.88. The Labute approximate surface area is 73.8 Å². The van der Waals surface area contributed by atoms with Crippen LogP contribution in [0.2, 0.25) is 0 Å². The van der Waals surface area contributed by atoms with Crippen molar-refractivity contribution in [3.8, 4) is 6.07 Å². The van der Waals surface area contributed by atoms with E-state index in [9.17, 15) is 19.8 Å². The summed E-state index contributed by atoms with van der Waals surface area (Å²) < 4.78 is 0. The van der Waals surface area contributed by atoms with Crippen LogP contribution < -0.4 is 10.2 Å². The van der Waals surface area contributed by atoms with Crippen molar-refractivity contribution in [2.75, 3.05) is 0 Å². The second-order valence-electron chi connectivity index (χ2n) is 1.89. The van der Waals surface area contributed by atoms with E-state index in [0.717, 1.165) is 0 Å². The number of carboxylic acids is 2. The van der Waals surface area contributed by atoms with E-state index in [-0.39, 0.29) is 23.8 Å². The number of carbonyl (C=O) groups is 2. The number of carboxylic acid groups (broad SMARTS) is 2. The van der Waals surface area contributed by atoms with Gasteiger partial charge in [-0.2, -0.15) is 5.26 Å². The normalized spacial score (nSPS) is 7.69. The molecule has 0 atom stereocenters. The van der Waals surface area contributed by atoms with Crippen LogP contribution in [0.4, 0.5) is 0 Å². The summed E-state index contributed by atoms with van der Waals surface area (Å²) in [5.41, 5.74) is 0. The molecule has 0 saturated heterocycles. The van der Waals surface area contributed by atoms with Crippen LogP contribution in [0.25, 0.3) is 0 Å². The minimum absolute atomic E-state index is 0. The molecule has 0 saturated carbocycles. The fraction of sp³-hybridized carbons (Fsp3) is 0.500. The molecule has 0 bridgehead atoms. The molecule has 0 aromatic carbocycles. The minimum Gasteiger partial charge on any atom is -0.549 e. The number of hydrogen-bond donors (Lipinski definition) is 0. The van der Waals surface area contributed by atoms with Gasteiger partial charge in [0.05, 0.1) is 18.0 Å². The Morgan fingerprint density at radius 2 is 1.62 bits per heavy atom. The fourth-order valence-electron chi connectivity index (χ4n) is 0.541. The summed E-state index contributed by atoms with van der Waals surface area (Å²) in [5.74, 6) is -5.09. The molecule has 0 aromatic heterocycles. The van der Waals surface area contributed by atoms with Gasteiger partial charge in [-0.05, 0) is 6.42 Å². The fourth-order valence-corrected chi connectivity index (χ4v) is 0.541. The lowest BCUT2D eigenvalue weighted by Crippen LogP contribution is -2.43. The highest BCUT2D eigenvalue weighted by molar-refractivity contribution is 5.90. The Balaban J connectivity index is -0.000000500. The number of hydrogen-bond acceptors (Lipinski definition) is 5. The van der Waals surface area contributed by atoms with E-state index in [1.807, 2.05) is 0 Å². The SMILES string of the molecule is N#CCCC(C(=O)[O-])C(=O)[O-].O.O. The summed E-state index contributed by atoms with van der Waals surface area (Å²) in [6.45, 7) is 0. The molecule has 0 aliphatic heterocycles. The Bertz CT molecular complexity index is 194. The Morgan fingerprint density at radius 1 is 1.23 bits per heavy atom. The maximum Gasteiger partial charge on any atom is 0.0622 e. The molecule has 0 aliphatic carbocycles.